The van der Waals surface area contributed by atoms with Gasteiger partial charge in [0.05, 0.1) is 6.54 Å². The highest BCUT2D eigenvalue weighted by molar-refractivity contribution is 14.0. The SMILES string of the molecule is Cc1ccc(NC(N)=NCCC(=O)N2CCN(c3ncccn3)CC2)cc1.I. The highest BCUT2D eigenvalue weighted by Gasteiger charge is 2.21. The first kappa shape index (κ1) is 21.9. The molecule has 0 aliphatic carbocycles. The monoisotopic (exact) mass is 495 g/mol. The zero-order chi connectivity index (χ0) is 19.1. The van der Waals surface area contributed by atoms with Crippen LogP contribution in [-0.2, 0) is 4.79 Å². The first-order valence-corrected chi connectivity index (χ1v) is 9.05. The summed E-state index contributed by atoms with van der Waals surface area (Å²) in [6, 6.07) is 9.68. The largest absolute Gasteiger partial charge is 0.370 e. The van der Waals surface area contributed by atoms with Crippen LogP contribution in [0.15, 0.2) is 47.7 Å². The second-order valence-corrected chi connectivity index (χ2v) is 6.42. The normalized spacial score (nSPS) is 14.4. The molecule has 8 nitrogen and oxygen atoms in total. The van der Waals surface area contributed by atoms with Crippen LogP contribution < -0.4 is 16.0 Å². The molecule has 0 spiro atoms. The molecule has 1 aromatic heterocycles. The first-order chi connectivity index (χ1) is 13.1. The molecule has 0 unspecified atom stereocenters. The van der Waals surface area contributed by atoms with Gasteiger partial charge in [-0.05, 0) is 25.1 Å². The Morgan fingerprint density at radius 3 is 2.43 bits per heavy atom. The number of rotatable bonds is 5. The van der Waals surface area contributed by atoms with E-state index >= 15 is 0 Å². The third-order valence-corrected chi connectivity index (χ3v) is 4.40. The van der Waals surface area contributed by atoms with Gasteiger partial charge in [0.1, 0.15) is 0 Å². The molecule has 150 valence electrons. The van der Waals surface area contributed by atoms with E-state index in [2.05, 4.69) is 25.2 Å². The molecule has 0 saturated carbocycles. The summed E-state index contributed by atoms with van der Waals surface area (Å²) >= 11 is 0. The van der Waals surface area contributed by atoms with Crippen LogP contribution in [0.2, 0.25) is 0 Å². The zero-order valence-corrected chi connectivity index (χ0v) is 18.2. The fraction of sp³-hybridized carbons (Fsp3) is 0.368. The van der Waals surface area contributed by atoms with E-state index in [1.54, 1.807) is 18.5 Å². The maximum atomic E-state index is 12.4. The molecule has 2 heterocycles. The molecule has 1 amide bonds. The van der Waals surface area contributed by atoms with E-state index in [1.165, 1.54) is 5.56 Å². The van der Waals surface area contributed by atoms with Gasteiger partial charge >= 0.3 is 0 Å². The number of carbonyl (C=O) groups excluding carboxylic acids is 1. The van der Waals surface area contributed by atoms with Crippen LogP contribution in [0.25, 0.3) is 0 Å². The Morgan fingerprint density at radius 2 is 1.79 bits per heavy atom. The Labute approximate surface area is 182 Å². The summed E-state index contributed by atoms with van der Waals surface area (Å²) in [5.74, 6) is 1.12. The lowest BCUT2D eigenvalue weighted by Gasteiger charge is -2.34. The molecular weight excluding hydrogens is 469 g/mol. The van der Waals surface area contributed by atoms with Gasteiger partial charge in [0.2, 0.25) is 11.9 Å². The Balaban J connectivity index is 0.00000280. The van der Waals surface area contributed by atoms with Crippen molar-refractivity contribution >= 4 is 47.5 Å². The minimum absolute atomic E-state index is 0. The van der Waals surface area contributed by atoms with E-state index in [4.69, 9.17) is 5.73 Å². The van der Waals surface area contributed by atoms with Gasteiger partial charge in [-0.1, -0.05) is 17.7 Å². The van der Waals surface area contributed by atoms with Crippen molar-refractivity contribution in [3.8, 4) is 0 Å². The number of aromatic nitrogens is 2. The van der Waals surface area contributed by atoms with Crippen molar-refractivity contribution in [1.29, 1.82) is 0 Å². The van der Waals surface area contributed by atoms with Gasteiger partial charge < -0.3 is 20.9 Å². The topological polar surface area (TPSA) is 99.7 Å². The van der Waals surface area contributed by atoms with Crippen LogP contribution >= 0.6 is 24.0 Å². The molecule has 0 bridgehead atoms. The third-order valence-electron chi connectivity index (χ3n) is 4.40. The fourth-order valence-electron chi connectivity index (χ4n) is 2.86. The van der Waals surface area contributed by atoms with Gasteiger partial charge in [-0.25, -0.2) is 9.97 Å². The van der Waals surface area contributed by atoms with Crippen molar-refractivity contribution in [2.24, 2.45) is 10.7 Å². The minimum atomic E-state index is 0. The molecule has 1 saturated heterocycles. The van der Waals surface area contributed by atoms with Gasteiger partial charge in [-0.2, -0.15) is 0 Å². The molecule has 1 fully saturated rings. The van der Waals surface area contributed by atoms with Crippen molar-refractivity contribution in [2.75, 3.05) is 42.9 Å². The summed E-state index contributed by atoms with van der Waals surface area (Å²) in [4.78, 5) is 29.1. The Kier molecular flexibility index (Phi) is 8.42. The van der Waals surface area contributed by atoms with Gasteiger partial charge in [-0.3, -0.25) is 9.79 Å². The summed E-state index contributed by atoms with van der Waals surface area (Å²) in [6.45, 7) is 5.19. The lowest BCUT2D eigenvalue weighted by atomic mass is 10.2. The van der Waals surface area contributed by atoms with Gasteiger partial charge in [0.15, 0.2) is 5.96 Å². The van der Waals surface area contributed by atoms with E-state index in [0.29, 0.717) is 38.0 Å². The second-order valence-electron chi connectivity index (χ2n) is 6.42. The number of aryl methyl sites for hydroxylation is 1. The third kappa shape index (κ3) is 6.32. The van der Waals surface area contributed by atoms with Crippen molar-refractivity contribution in [3.63, 3.8) is 0 Å². The molecular formula is C19H26IN7O. The molecule has 9 heteroatoms. The van der Waals surface area contributed by atoms with E-state index in [-0.39, 0.29) is 29.9 Å². The summed E-state index contributed by atoms with van der Waals surface area (Å²) in [7, 11) is 0. The predicted octanol–water partition coefficient (Wildman–Crippen LogP) is 1.87. The van der Waals surface area contributed by atoms with Gasteiger partial charge in [-0.15, -0.1) is 24.0 Å². The van der Waals surface area contributed by atoms with Crippen molar-refractivity contribution in [3.05, 3.63) is 48.3 Å². The molecule has 0 radical (unpaired) electrons. The van der Waals surface area contributed by atoms with Crippen LogP contribution in [-0.4, -0.2) is 59.5 Å². The standard InChI is InChI=1S/C19H25N7O.HI/c1-15-3-5-16(6-4-15)24-18(20)21-10-7-17(27)25-11-13-26(14-12-25)19-22-8-2-9-23-19;/h2-6,8-9H,7,10-14H2,1H3,(H3,20,21,24);1H. The number of aliphatic imine (C=N–C) groups is 1. The number of benzene rings is 1. The number of anilines is 2. The molecule has 3 N–H and O–H groups in total. The fourth-order valence-corrected chi connectivity index (χ4v) is 2.86. The number of hydrogen-bond donors (Lipinski definition) is 2. The summed E-state index contributed by atoms with van der Waals surface area (Å²) in [5.41, 5.74) is 7.95. The van der Waals surface area contributed by atoms with Crippen molar-refractivity contribution in [2.45, 2.75) is 13.3 Å². The maximum Gasteiger partial charge on any atom is 0.225 e. The zero-order valence-electron chi connectivity index (χ0n) is 15.9. The molecule has 28 heavy (non-hydrogen) atoms. The average molecular weight is 495 g/mol. The van der Waals surface area contributed by atoms with Crippen LogP contribution in [0.5, 0.6) is 0 Å². The summed E-state index contributed by atoms with van der Waals surface area (Å²) < 4.78 is 0. The van der Waals surface area contributed by atoms with E-state index in [1.807, 2.05) is 36.1 Å². The van der Waals surface area contributed by atoms with E-state index in [0.717, 1.165) is 18.8 Å². The quantitative estimate of drug-likeness (QED) is 0.374. The van der Waals surface area contributed by atoms with Gasteiger partial charge in [0.25, 0.3) is 0 Å². The average Bonchev–Trinajstić information content (AvgIpc) is 2.70. The number of guanidine groups is 1. The minimum Gasteiger partial charge on any atom is -0.370 e. The first-order valence-electron chi connectivity index (χ1n) is 9.05. The molecule has 3 rings (SSSR count). The van der Waals surface area contributed by atoms with E-state index in [9.17, 15) is 4.79 Å². The number of hydrogen-bond acceptors (Lipinski definition) is 5. The Bertz CT molecular complexity index is 775. The number of piperazine rings is 1. The number of nitrogens with one attached hydrogen (secondary N) is 1. The molecule has 2 aromatic rings. The molecule has 0 atom stereocenters. The van der Waals surface area contributed by atoms with E-state index < -0.39 is 0 Å². The molecule has 1 aliphatic rings. The van der Waals surface area contributed by atoms with Crippen LogP contribution in [0.1, 0.15) is 12.0 Å². The smallest absolute Gasteiger partial charge is 0.225 e. The lowest BCUT2D eigenvalue weighted by molar-refractivity contribution is -0.131. The number of nitrogens with two attached hydrogens (primary N) is 1. The second kappa shape index (κ2) is 10.8. The number of carbonyl (C=O) groups is 1. The molecule has 1 aromatic carbocycles. The van der Waals surface area contributed by atoms with Crippen molar-refractivity contribution in [1.82, 2.24) is 14.9 Å². The predicted molar refractivity (Wildman–Crippen MR) is 122 cm³/mol. The van der Waals surface area contributed by atoms with Crippen LogP contribution in [0, 0.1) is 6.92 Å². The van der Waals surface area contributed by atoms with Crippen molar-refractivity contribution < 1.29 is 4.79 Å². The summed E-state index contributed by atoms with van der Waals surface area (Å²) in [6.07, 6.45) is 3.80. The van der Waals surface area contributed by atoms with Gasteiger partial charge in [0, 0.05) is 50.7 Å². The highest BCUT2D eigenvalue weighted by Crippen LogP contribution is 2.11. The highest BCUT2D eigenvalue weighted by atomic mass is 127. The molecule has 1 aliphatic heterocycles. The maximum absolute atomic E-state index is 12.4. The Morgan fingerprint density at radius 1 is 1.14 bits per heavy atom. The number of nitrogens with zero attached hydrogens (tertiary/aromatic N) is 5. The van der Waals surface area contributed by atoms with Crippen LogP contribution in [0.4, 0.5) is 11.6 Å². The number of amides is 1. The summed E-state index contributed by atoms with van der Waals surface area (Å²) in [5, 5.41) is 3.03. The number of halogens is 1. The Hall–Kier alpha value is -2.43. The van der Waals surface area contributed by atoms with Crippen LogP contribution in [0.3, 0.4) is 0 Å². The lowest BCUT2D eigenvalue weighted by Crippen LogP contribution is -2.49.